The fourth-order valence-electron chi connectivity index (χ4n) is 3.36. The zero-order valence-electron chi connectivity index (χ0n) is 15.1. The molecule has 1 aliphatic rings. The summed E-state index contributed by atoms with van der Waals surface area (Å²) >= 11 is 1.69. The Labute approximate surface area is 165 Å². The van der Waals surface area contributed by atoms with Crippen LogP contribution in [0.1, 0.15) is 37.6 Å². The number of nitrogens with zero attached hydrogens (tertiary/aromatic N) is 1. The van der Waals surface area contributed by atoms with Gasteiger partial charge in [-0.3, -0.25) is 4.79 Å². The van der Waals surface area contributed by atoms with Crippen LogP contribution in [-0.4, -0.2) is 36.2 Å². The standard InChI is InChI=1S/C19H27N3O2S.ClH/c1-2-11-24-16-8-7-13(12-14(16)20)19(23)21-10-9-18-22-15-5-3-4-6-17(15)25-18;/h3-6,13-14,16H,2,7-12,20H2,1H3,(H,21,23);1H/t13-,14+,16+;/m0./s1. The molecule has 1 aromatic heterocycles. The van der Waals surface area contributed by atoms with Gasteiger partial charge in [0.15, 0.2) is 0 Å². The maximum Gasteiger partial charge on any atom is 0.223 e. The molecule has 1 aromatic carbocycles. The Morgan fingerprint density at radius 2 is 2.19 bits per heavy atom. The molecular weight excluding hydrogens is 370 g/mol. The van der Waals surface area contributed by atoms with Gasteiger partial charge >= 0.3 is 0 Å². The minimum Gasteiger partial charge on any atom is -0.377 e. The molecule has 0 saturated heterocycles. The molecule has 0 unspecified atom stereocenters. The second-order valence-corrected chi connectivity index (χ2v) is 7.81. The molecule has 0 spiro atoms. The Morgan fingerprint density at radius 3 is 2.92 bits per heavy atom. The van der Waals surface area contributed by atoms with Crippen molar-refractivity contribution in [3.8, 4) is 0 Å². The van der Waals surface area contributed by atoms with Crippen LogP contribution < -0.4 is 11.1 Å². The summed E-state index contributed by atoms with van der Waals surface area (Å²) in [5.41, 5.74) is 7.23. The minimum atomic E-state index is -0.0414. The summed E-state index contributed by atoms with van der Waals surface area (Å²) in [6.07, 6.45) is 4.31. The summed E-state index contributed by atoms with van der Waals surface area (Å²) in [5, 5.41) is 4.12. The van der Waals surface area contributed by atoms with Crippen LogP contribution in [0.4, 0.5) is 0 Å². The molecule has 0 aliphatic heterocycles. The van der Waals surface area contributed by atoms with Crippen molar-refractivity contribution in [3.63, 3.8) is 0 Å². The van der Waals surface area contributed by atoms with Crippen LogP contribution in [0.5, 0.6) is 0 Å². The number of benzene rings is 1. The number of rotatable bonds is 7. The number of ether oxygens (including phenoxy) is 1. The average Bonchev–Trinajstić information content (AvgIpc) is 3.03. The predicted octanol–water partition coefficient (Wildman–Crippen LogP) is 3.30. The third-order valence-electron chi connectivity index (χ3n) is 4.72. The molecule has 3 N–H and O–H groups in total. The predicted molar refractivity (Wildman–Crippen MR) is 109 cm³/mol. The number of fused-ring (bicyclic) bond motifs is 1. The van der Waals surface area contributed by atoms with E-state index in [1.165, 1.54) is 4.70 Å². The summed E-state index contributed by atoms with van der Waals surface area (Å²) < 4.78 is 6.97. The van der Waals surface area contributed by atoms with Gasteiger partial charge in [0, 0.05) is 31.5 Å². The SMILES string of the molecule is CCCO[C@@H]1CC[C@H](C(=O)NCCc2nc3ccccc3s2)C[C@H]1N.Cl. The summed E-state index contributed by atoms with van der Waals surface area (Å²) in [7, 11) is 0. The number of nitrogens with two attached hydrogens (primary N) is 1. The largest absolute Gasteiger partial charge is 0.377 e. The number of nitrogens with one attached hydrogen (secondary N) is 1. The maximum atomic E-state index is 12.4. The lowest BCUT2D eigenvalue weighted by atomic mass is 9.83. The molecule has 1 aliphatic carbocycles. The molecule has 1 saturated carbocycles. The number of aromatic nitrogens is 1. The van der Waals surface area contributed by atoms with E-state index in [0.29, 0.717) is 13.0 Å². The van der Waals surface area contributed by atoms with Crippen molar-refractivity contribution in [3.05, 3.63) is 29.3 Å². The van der Waals surface area contributed by atoms with E-state index in [0.717, 1.165) is 42.8 Å². The fourth-order valence-corrected chi connectivity index (χ4v) is 4.32. The number of halogens is 1. The lowest BCUT2D eigenvalue weighted by Crippen LogP contribution is -2.46. The first-order valence-corrected chi connectivity index (χ1v) is 9.98. The average molecular weight is 398 g/mol. The molecular formula is C19H28ClN3O2S. The van der Waals surface area contributed by atoms with E-state index >= 15 is 0 Å². The highest BCUT2D eigenvalue weighted by molar-refractivity contribution is 7.18. The van der Waals surface area contributed by atoms with Crippen LogP contribution >= 0.6 is 23.7 Å². The second kappa shape index (κ2) is 10.2. The van der Waals surface area contributed by atoms with Crippen molar-refractivity contribution >= 4 is 39.9 Å². The fraction of sp³-hybridized carbons (Fsp3) is 0.579. The Kier molecular flexibility index (Phi) is 8.28. The van der Waals surface area contributed by atoms with Gasteiger partial charge in [0.25, 0.3) is 0 Å². The van der Waals surface area contributed by atoms with Gasteiger partial charge in [-0.25, -0.2) is 4.98 Å². The number of amides is 1. The van der Waals surface area contributed by atoms with E-state index in [9.17, 15) is 4.79 Å². The van der Waals surface area contributed by atoms with Gasteiger partial charge in [-0.2, -0.15) is 0 Å². The van der Waals surface area contributed by atoms with E-state index in [-0.39, 0.29) is 36.4 Å². The van der Waals surface area contributed by atoms with Crippen LogP contribution in [0.3, 0.4) is 0 Å². The van der Waals surface area contributed by atoms with Crippen LogP contribution in [0, 0.1) is 5.92 Å². The van der Waals surface area contributed by atoms with Gasteiger partial charge in [-0.15, -0.1) is 23.7 Å². The van der Waals surface area contributed by atoms with Gasteiger partial charge in [-0.05, 0) is 37.8 Å². The zero-order valence-corrected chi connectivity index (χ0v) is 16.8. The molecule has 144 valence electrons. The van der Waals surface area contributed by atoms with Crippen molar-refractivity contribution in [2.24, 2.45) is 11.7 Å². The molecule has 1 amide bonds. The Morgan fingerprint density at radius 1 is 1.38 bits per heavy atom. The van der Waals surface area contributed by atoms with E-state index in [4.69, 9.17) is 10.5 Å². The Hall–Kier alpha value is -1.21. The number of carbonyl (C=O) groups excluding carboxylic acids is 1. The molecule has 1 heterocycles. The normalized spacial score (nSPS) is 22.8. The van der Waals surface area contributed by atoms with E-state index in [1.54, 1.807) is 11.3 Å². The molecule has 2 aromatic rings. The van der Waals surface area contributed by atoms with Gasteiger partial charge in [0.2, 0.25) is 5.91 Å². The number of para-hydroxylation sites is 1. The molecule has 3 atom stereocenters. The highest BCUT2D eigenvalue weighted by Crippen LogP contribution is 2.26. The third kappa shape index (κ3) is 5.39. The summed E-state index contributed by atoms with van der Waals surface area (Å²) in [6.45, 7) is 3.47. The summed E-state index contributed by atoms with van der Waals surface area (Å²) in [6, 6.07) is 8.08. The lowest BCUT2D eigenvalue weighted by Gasteiger charge is -2.33. The lowest BCUT2D eigenvalue weighted by molar-refractivity contribution is -0.127. The van der Waals surface area contributed by atoms with Gasteiger partial charge in [0.1, 0.15) is 0 Å². The molecule has 0 bridgehead atoms. The van der Waals surface area contributed by atoms with Crippen molar-refractivity contribution in [1.29, 1.82) is 0 Å². The summed E-state index contributed by atoms with van der Waals surface area (Å²) in [5.74, 6) is 0.123. The first-order valence-electron chi connectivity index (χ1n) is 9.16. The zero-order chi connectivity index (χ0) is 17.6. The van der Waals surface area contributed by atoms with Gasteiger partial charge < -0.3 is 15.8 Å². The number of thiazole rings is 1. The van der Waals surface area contributed by atoms with Crippen molar-refractivity contribution < 1.29 is 9.53 Å². The molecule has 7 heteroatoms. The highest BCUT2D eigenvalue weighted by atomic mass is 35.5. The third-order valence-corrected chi connectivity index (χ3v) is 5.81. The molecule has 0 radical (unpaired) electrons. The number of hydrogen-bond donors (Lipinski definition) is 2. The Balaban J connectivity index is 0.00000243. The van der Waals surface area contributed by atoms with E-state index in [1.807, 2.05) is 18.2 Å². The van der Waals surface area contributed by atoms with E-state index < -0.39 is 0 Å². The maximum absolute atomic E-state index is 12.4. The van der Waals surface area contributed by atoms with Crippen LogP contribution in [0.2, 0.25) is 0 Å². The van der Waals surface area contributed by atoms with Crippen molar-refractivity contribution in [2.45, 2.75) is 51.2 Å². The molecule has 1 fully saturated rings. The summed E-state index contributed by atoms with van der Waals surface area (Å²) in [4.78, 5) is 17.0. The van der Waals surface area contributed by atoms with Crippen molar-refractivity contribution in [1.82, 2.24) is 10.3 Å². The van der Waals surface area contributed by atoms with Gasteiger partial charge in [-0.1, -0.05) is 19.1 Å². The first-order chi connectivity index (χ1) is 12.2. The molecule has 5 nitrogen and oxygen atoms in total. The number of carbonyl (C=O) groups is 1. The Bertz CT molecular complexity index is 676. The van der Waals surface area contributed by atoms with Crippen LogP contribution in [0.25, 0.3) is 10.2 Å². The minimum absolute atomic E-state index is 0. The molecule has 3 rings (SSSR count). The highest BCUT2D eigenvalue weighted by Gasteiger charge is 2.32. The van der Waals surface area contributed by atoms with Crippen LogP contribution in [-0.2, 0) is 16.0 Å². The van der Waals surface area contributed by atoms with Crippen molar-refractivity contribution in [2.75, 3.05) is 13.2 Å². The van der Waals surface area contributed by atoms with Crippen LogP contribution in [0.15, 0.2) is 24.3 Å². The monoisotopic (exact) mass is 397 g/mol. The van der Waals surface area contributed by atoms with E-state index in [2.05, 4.69) is 23.3 Å². The van der Waals surface area contributed by atoms with Gasteiger partial charge in [0.05, 0.1) is 21.3 Å². The molecule has 26 heavy (non-hydrogen) atoms. The number of hydrogen-bond acceptors (Lipinski definition) is 5. The smallest absolute Gasteiger partial charge is 0.223 e. The topological polar surface area (TPSA) is 77.2 Å². The second-order valence-electron chi connectivity index (χ2n) is 6.70. The quantitative estimate of drug-likeness (QED) is 0.751. The first kappa shape index (κ1) is 21.1.